The maximum Gasteiger partial charge on any atom is 0.252 e. The molecule has 0 fully saturated rings. The van der Waals surface area contributed by atoms with Gasteiger partial charge in [0.25, 0.3) is 5.91 Å². The number of pyridine rings is 1. The number of hydrogen-bond donors (Lipinski definition) is 1. The first-order chi connectivity index (χ1) is 12.1. The molecule has 0 saturated heterocycles. The second-order valence-corrected chi connectivity index (χ2v) is 6.36. The Morgan fingerprint density at radius 3 is 2.76 bits per heavy atom. The largest absolute Gasteiger partial charge is 0.396 e. The van der Waals surface area contributed by atoms with E-state index >= 15 is 0 Å². The highest BCUT2D eigenvalue weighted by atomic mass is 32.2. The van der Waals surface area contributed by atoms with Crippen molar-refractivity contribution in [3.8, 4) is 0 Å². The monoisotopic (exact) mass is 357 g/mol. The summed E-state index contributed by atoms with van der Waals surface area (Å²) in [5.41, 5.74) is 4.07. The van der Waals surface area contributed by atoms with Crippen LogP contribution in [0.1, 0.15) is 34.1 Å². The number of benzene rings is 1. The summed E-state index contributed by atoms with van der Waals surface area (Å²) in [7, 11) is 0. The number of amides is 1. The molecule has 132 valence electrons. The van der Waals surface area contributed by atoms with E-state index in [1.807, 2.05) is 57.4 Å². The lowest BCUT2D eigenvalue weighted by Crippen LogP contribution is -2.31. The zero-order valence-electron chi connectivity index (χ0n) is 15.0. The fourth-order valence-corrected chi connectivity index (χ4v) is 3.01. The van der Waals surface area contributed by atoms with Crippen molar-refractivity contribution in [2.24, 2.45) is 5.16 Å². The molecule has 0 aliphatic rings. The number of carbonyl (C=O) groups is 1. The molecule has 2 aromatic rings. The van der Waals surface area contributed by atoms with E-state index in [0.717, 1.165) is 21.7 Å². The molecule has 0 atom stereocenters. The van der Waals surface area contributed by atoms with E-state index in [1.165, 1.54) is 0 Å². The van der Waals surface area contributed by atoms with Crippen LogP contribution in [-0.4, -0.2) is 36.0 Å². The Morgan fingerprint density at radius 1 is 1.32 bits per heavy atom. The van der Waals surface area contributed by atoms with Crippen molar-refractivity contribution in [2.75, 3.05) is 19.4 Å². The van der Waals surface area contributed by atoms with Crippen molar-refractivity contribution >= 4 is 23.4 Å². The van der Waals surface area contributed by atoms with Gasteiger partial charge in [-0.3, -0.25) is 9.78 Å². The number of carbonyl (C=O) groups excluding carboxylic acids is 1. The number of nitrogens with zero attached hydrogens (tertiary/aromatic N) is 2. The summed E-state index contributed by atoms with van der Waals surface area (Å²) >= 11 is 1.54. The van der Waals surface area contributed by atoms with Crippen molar-refractivity contribution in [3.63, 3.8) is 0 Å². The van der Waals surface area contributed by atoms with Gasteiger partial charge in [0.15, 0.2) is 0 Å². The Hall–Kier alpha value is -2.34. The molecule has 0 radical (unpaired) electrons. The van der Waals surface area contributed by atoms with Crippen LogP contribution in [0.15, 0.2) is 46.6 Å². The Morgan fingerprint density at radius 2 is 2.08 bits per heavy atom. The number of oxime groups is 1. The normalized spacial score (nSPS) is 11.3. The zero-order chi connectivity index (χ0) is 18.2. The van der Waals surface area contributed by atoms with Crippen molar-refractivity contribution < 1.29 is 9.63 Å². The first-order valence-corrected chi connectivity index (χ1v) is 9.33. The van der Waals surface area contributed by atoms with Gasteiger partial charge in [0.2, 0.25) is 0 Å². The molecule has 0 aliphatic carbocycles. The highest BCUT2D eigenvalue weighted by Crippen LogP contribution is 2.19. The van der Waals surface area contributed by atoms with Gasteiger partial charge >= 0.3 is 0 Å². The molecule has 1 aromatic heterocycles. The molecule has 25 heavy (non-hydrogen) atoms. The molecule has 5 nitrogen and oxygen atoms in total. The molecule has 0 saturated carbocycles. The van der Waals surface area contributed by atoms with Gasteiger partial charge < -0.3 is 10.2 Å². The van der Waals surface area contributed by atoms with Gasteiger partial charge in [0, 0.05) is 11.1 Å². The predicted octanol–water partition coefficient (Wildman–Crippen LogP) is 3.59. The van der Waals surface area contributed by atoms with E-state index in [0.29, 0.717) is 17.9 Å². The smallest absolute Gasteiger partial charge is 0.252 e. The van der Waals surface area contributed by atoms with Gasteiger partial charge in [-0.25, -0.2) is 0 Å². The summed E-state index contributed by atoms with van der Waals surface area (Å²) in [6.45, 7) is 6.53. The van der Waals surface area contributed by atoms with Gasteiger partial charge in [0.05, 0.1) is 17.8 Å². The molecule has 2 rings (SSSR count). The summed E-state index contributed by atoms with van der Waals surface area (Å²) in [4.78, 5) is 23.1. The molecule has 0 bridgehead atoms. The van der Waals surface area contributed by atoms with E-state index in [4.69, 9.17) is 4.84 Å². The van der Waals surface area contributed by atoms with Gasteiger partial charge in [-0.15, -0.1) is 11.8 Å². The van der Waals surface area contributed by atoms with Crippen LogP contribution in [0.2, 0.25) is 0 Å². The van der Waals surface area contributed by atoms with E-state index in [1.54, 1.807) is 18.0 Å². The van der Waals surface area contributed by atoms with Crippen molar-refractivity contribution in [1.82, 2.24) is 10.3 Å². The first kappa shape index (κ1) is 19.0. The van der Waals surface area contributed by atoms with Crippen molar-refractivity contribution in [1.29, 1.82) is 0 Å². The summed E-state index contributed by atoms with van der Waals surface area (Å²) in [5.74, 6) is -0.140. The van der Waals surface area contributed by atoms with Crippen LogP contribution >= 0.6 is 11.8 Å². The van der Waals surface area contributed by atoms with E-state index in [2.05, 4.69) is 15.5 Å². The van der Waals surface area contributed by atoms with E-state index in [9.17, 15) is 4.79 Å². The van der Waals surface area contributed by atoms with Gasteiger partial charge in [-0.2, -0.15) is 0 Å². The maximum atomic E-state index is 12.5. The van der Waals surface area contributed by atoms with Crippen LogP contribution < -0.4 is 5.32 Å². The molecule has 1 N–H and O–H groups in total. The minimum absolute atomic E-state index is 0.140. The zero-order valence-corrected chi connectivity index (χ0v) is 15.8. The van der Waals surface area contributed by atoms with E-state index in [-0.39, 0.29) is 12.5 Å². The number of thioether (sulfide) groups is 1. The minimum Gasteiger partial charge on any atom is -0.396 e. The maximum absolute atomic E-state index is 12.5. The summed E-state index contributed by atoms with van der Waals surface area (Å²) in [6.07, 6.45) is 3.74. The number of rotatable bonds is 7. The van der Waals surface area contributed by atoms with E-state index < -0.39 is 0 Å². The molecule has 1 amide bonds. The number of nitrogens with one attached hydrogen (secondary N) is 1. The molecule has 6 heteroatoms. The lowest BCUT2D eigenvalue weighted by molar-refractivity contribution is 0.0955. The number of aromatic nitrogens is 1. The fourth-order valence-electron chi connectivity index (χ4n) is 2.41. The van der Waals surface area contributed by atoms with Crippen LogP contribution in [0.25, 0.3) is 0 Å². The lowest BCUT2D eigenvalue weighted by Gasteiger charge is -2.12. The topological polar surface area (TPSA) is 63.6 Å². The van der Waals surface area contributed by atoms with Crippen LogP contribution in [0.5, 0.6) is 0 Å². The SMILES string of the molecule is CCO/N=C(/CNC(=O)c1ccccc1SC)c1ncc(C)cc1C. The Kier molecular flexibility index (Phi) is 7.01. The van der Waals surface area contributed by atoms with Crippen molar-refractivity contribution in [2.45, 2.75) is 25.7 Å². The van der Waals surface area contributed by atoms with Crippen LogP contribution in [0.3, 0.4) is 0 Å². The molecule has 0 unspecified atom stereocenters. The van der Waals surface area contributed by atoms with Crippen molar-refractivity contribution in [3.05, 3.63) is 58.9 Å². The lowest BCUT2D eigenvalue weighted by atomic mass is 10.1. The van der Waals surface area contributed by atoms with Gasteiger partial charge in [0.1, 0.15) is 12.3 Å². The Labute approximate surface area is 152 Å². The average Bonchev–Trinajstić information content (AvgIpc) is 2.62. The van der Waals surface area contributed by atoms with Crippen LogP contribution in [-0.2, 0) is 4.84 Å². The number of aryl methyl sites for hydroxylation is 2. The predicted molar refractivity (Wildman–Crippen MR) is 102 cm³/mol. The number of hydrogen-bond acceptors (Lipinski definition) is 5. The average molecular weight is 357 g/mol. The summed E-state index contributed by atoms with van der Waals surface area (Å²) < 4.78 is 0. The fraction of sp³-hybridized carbons (Fsp3) is 0.316. The molecule has 1 heterocycles. The summed E-state index contributed by atoms with van der Waals surface area (Å²) in [5, 5.41) is 7.07. The molecule has 0 aliphatic heterocycles. The van der Waals surface area contributed by atoms with Crippen LogP contribution in [0.4, 0.5) is 0 Å². The quantitative estimate of drug-likeness (QED) is 0.467. The first-order valence-electron chi connectivity index (χ1n) is 8.10. The molecular formula is C19H23N3O2S. The van der Waals surface area contributed by atoms with Gasteiger partial charge in [-0.1, -0.05) is 23.4 Å². The van der Waals surface area contributed by atoms with Crippen LogP contribution in [0, 0.1) is 13.8 Å². The highest BCUT2D eigenvalue weighted by molar-refractivity contribution is 7.98. The Balaban J connectivity index is 2.19. The van der Waals surface area contributed by atoms with Gasteiger partial charge in [-0.05, 0) is 50.3 Å². The molecule has 0 spiro atoms. The second kappa shape index (κ2) is 9.22. The standard InChI is InChI=1S/C19H23N3O2S/c1-5-24-22-16(18-14(3)10-13(2)11-20-18)12-21-19(23)15-8-6-7-9-17(15)25-4/h6-11H,5,12H2,1-4H3,(H,21,23)/b22-16-. The highest BCUT2D eigenvalue weighted by Gasteiger charge is 2.14. The minimum atomic E-state index is -0.140. The molecular weight excluding hydrogens is 334 g/mol. The Bertz CT molecular complexity index is 775. The third-order valence-electron chi connectivity index (χ3n) is 3.56. The second-order valence-electron chi connectivity index (χ2n) is 5.52. The third kappa shape index (κ3) is 5.06. The third-order valence-corrected chi connectivity index (χ3v) is 4.36. The molecule has 1 aromatic carbocycles. The summed E-state index contributed by atoms with van der Waals surface area (Å²) in [6, 6.07) is 9.56.